The molecule has 1 saturated carbocycles. The molecule has 2 aromatic rings. The Balaban J connectivity index is 1.79. The summed E-state index contributed by atoms with van der Waals surface area (Å²) in [5.41, 5.74) is 1.98. The summed E-state index contributed by atoms with van der Waals surface area (Å²) >= 11 is 0. The maximum Gasteiger partial charge on any atom is 0.0851 e. The third-order valence-electron chi connectivity index (χ3n) is 4.86. The van der Waals surface area contributed by atoms with Gasteiger partial charge in [0, 0.05) is 11.8 Å². The Morgan fingerprint density at radius 3 is 2.76 bits per heavy atom. The van der Waals surface area contributed by atoms with Crippen LogP contribution in [-0.4, -0.2) is 14.9 Å². The second kappa shape index (κ2) is 6.44. The molecule has 0 spiro atoms. The van der Waals surface area contributed by atoms with Gasteiger partial charge in [0.1, 0.15) is 0 Å². The number of hydrogen-bond donors (Lipinski definition) is 1. The van der Waals surface area contributed by atoms with Gasteiger partial charge in [0.15, 0.2) is 0 Å². The van der Waals surface area contributed by atoms with Gasteiger partial charge >= 0.3 is 0 Å². The summed E-state index contributed by atoms with van der Waals surface area (Å²) in [6.07, 6.45) is 9.51. The average Bonchev–Trinajstić information content (AvgIpc) is 3.05. The van der Waals surface area contributed by atoms with Crippen LogP contribution < -0.4 is 0 Å². The molecule has 1 aromatic carbocycles. The van der Waals surface area contributed by atoms with Crippen molar-refractivity contribution in [2.24, 2.45) is 11.8 Å². The maximum absolute atomic E-state index is 10.8. The fourth-order valence-corrected chi connectivity index (χ4v) is 3.62. The zero-order valence-electron chi connectivity index (χ0n) is 12.7. The van der Waals surface area contributed by atoms with E-state index in [0.717, 1.165) is 24.1 Å². The van der Waals surface area contributed by atoms with Gasteiger partial charge in [-0.15, -0.1) is 0 Å². The van der Waals surface area contributed by atoms with Crippen molar-refractivity contribution < 1.29 is 5.11 Å². The molecular formula is C18H24N2O. The van der Waals surface area contributed by atoms with Gasteiger partial charge in [0.25, 0.3) is 0 Å². The quantitative estimate of drug-likeness (QED) is 0.917. The Morgan fingerprint density at radius 1 is 1.24 bits per heavy atom. The Labute approximate surface area is 126 Å². The predicted molar refractivity (Wildman–Crippen MR) is 84.3 cm³/mol. The highest BCUT2D eigenvalue weighted by atomic mass is 16.3. The van der Waals surface area contributed by atoms with Crippen LogP contribution in [0.5, 0.6) is 0 Å². The molecule has 3 rings (SSSR count). The summed E-state index contributed by atoms with van der Waals surface area (Å²) in [6.45, 7) is 2.24. The number of aliphatic hydroxyl groups excluding tert-OH is 1. The second-order valence-electron chi connectivity index (χ2n) is 6.12. The highest BCUT2D eigenvalue weighted by molar-refractivity contribution is 5.31. The van der Waals surface area contributed by atoms with Crippen molar-refractivity contribution in [2.45, 2.75) is 45.1 Å². The molecule has 3 unspecified atom stereocenters. The predicted octanol–water partition coefficient (Wildman–Crippen LogP) is 4.12. The van der Waals surface area contributed by atoms with E-state index in [1.807, 2.05) is 47.4 Å². The normalized spacial score (nSPS) is 23.9. The van der Waals surface area contributed by atoms with E-state index in [4.69, 9.17) is 0 Å². The van der Waals surface area contributed by atoms with Crippen molar-refractivity contribution in [1.82, 2.24) is 9.78 Å². The molecule has 1 N–H and O–H groups in total. The van der Waals surface area contributed by atoms with Gasteiger partial charge in [-0.2, -0.15) is 5.10 Å². The number of aromatic nitrogens is 2. The van der Waals surface area contributed by atoms with E-state index in [2.05, 4.69) is 12.0 Å². The number of rotatable bonds is 4. The lowest BCUT2D eigenvalue weighted by atomic mass is 9.74. The minimum absolute atomic E-state index is 0.382. The Bertz CT molecular complexity index is 564. The Kier molecular flexibility index (Phi) is 4.39. The number of benzene rings is 1. The minimum atomic E-state index is -0.382. The number of para-hydroxylation sites is 1. The van der Waals surface area contributed by atoms with Crippen molar-refractivity contribution in [3.05, 3.63) is 48.3 Å². The molecule has 1 aliphatic carbocycles. The highest BCUT2D eigenvalue weighted by Gasteiger charge is 2.31. The highest BCUT2D eigenvalue weighted by Crippen LogP contribution is 2.40. The van der Waals surface area contributed by atoms with Crippen molar-refractivity contribution in [3.63, 3.8) is 0 Å². The Hall–Kier alpha value is -1.61. The first-order valence-corrected chi connectivity index (χ1v) is 8.07. The molecule has 0 bridgehead atoms. The smallest absolute Gasteiger partial charge is 0.0851 e. The molecule has 3 nitrogen and oxygen atoms in total. The maximum atomic E-state index is 10.8. The molecule has 0 saturated heterocycles. The van der Waals surface area contributed by atoms with E-state index in [-0.39, 0.29) is 6.10 Å². The first-order chi connectivity index (χ1) is 10.3. The van der Waals surface area contributed by atoms with E-state index in [1.54, 1.807) is 0 Å². The van der Waals surface area contributed by atoms with Crippen LogP contribution in [-0.2, 0) is 0 Å². The SMILES string of the molecule is CCC1CCCCC1C(O)c1cnn(-c2ccccc2)c1. The molecule has 3 heteroatoms. The van der Waals surface area contributed by atoms with E-state index in [1.165, 1.54) is 19.3 Å². The van der Waals surface area contributed by atoms with Crippen molar-refractivity contribution in [3.8, 4) is 5.69 Å². The zero-order valence-corrected chi connectivity index (χ0v) is 12.7. The summed E-state index contributed by atoms with van der Waals surface area (Å²) < 4.78 is 1.85. The molecule has 1 fully saturated rings. The lowest BCUT2D eigenvalue weighted by Gasteiger charge is -2.34. The fraction of sp³-hybridized carbons (Fsp3) is 0.500. The van der Waals surface area contributed by atoms with Gasteiger partial charge in [0.2, 0.25) is 0 Å². The lowest BCUT2D eigenvalue weighted by Crippen LogP contribution is -2.25. The van der Waals surface area contributed by atoms with Crippen LogP contribution in [0.2, 0.25) is 0 Å². The summed E-state index contributed by atoms with van der Waals surface area (Å²) in [5, 5.41) is 15.2. The van der Waals surface area contributed by atoms with Gasteiger partial charge in [-0.25, -0.2) is 4.68 Å². The molecule has 1 aliphatic rings. The van der Waals surface area contributed by atoms with Crippen LogP contribution in [0.3, 0.4) is 0 Å². The standard InChI is InChI=1S/C18H24N2O/c1-2-14-8-6-7-11-17(14)18(21)15-12-19-20(13-15)16-9-4-3-5-10-16/h3-5,9-10,12-14,17-18,21H,2,6-8,11H2,1H3. The molecule has 112 valence electrons. The first-order valence-electron chi connectivity index (χ1n) is 8.07. The fourth-order valence-electron chi connectivity index (χ4n) is 3.62. The summed E-state index contributed by atoms with van der Waals surface area (Å²) in [4.78, 5) is 0. The lowest BCUT2D eigenvalue weighted by molar-refractivity contribution is 0.0452. The molecule has 3 atom stereocenters. The van der Waals surface area contributed by atoms with E-state index in [9.17, 15) is 5.11 Å². The van der Waals surface area contributed by atoms with Crippen LogP contribution in [0.4, 0.5) is 0 Å². The molecule has 0 amide bonds. The van der Waals surface area contributed by atoms with Gasteiger partial charge in [0.05, 0.1) is 18.0 Å². The van der Waals surface area contributed by atoms with Crippen molar-refractivity contribution in [2.75, 3.05) is 0 Å². The zero-order chi connectivity index (χ0) is 14.7. The van der Waals surface area contributed by atoms with Gasteiger partial charge in [-0.05, 0) is 30.4 Å². The topological polar surface area (TPSA) is 38.1 Å². The molecule has 0 radical (unpaired) electrons. The molecule has 0 aliphatic heterocycles. The average molecular weight is 284 g/mol. The third-order valence-corrected chi connectivity index (χ3v) is 4.86. The van der Waals surface area contributed by atoms with Crippen LogP contribution in [0.1, 0.15) is 50.7 Å². The van der Waals surface area contributed by atoms with Crippen LogP contribution in [0.15, 0.2) is 42.7 Å². The summed E-state index contributed by atoms with van der Waals surface area (Å²) in [5.74, 6) is 1.03. The van der Waals surface area contributed by atoms with Crippen molar-refractivity contribution >= 4 is 0 Å². The Morgan fingerprint density at radius 2 is 2.00 bits per heavy atom. The number of hydrogen-bond acceptors (Lipinski definition) is 2. The van der Waals surface area contributed by atoms with Gasteiger partial charge < -0.3 is 5.11 Å². The van der Waals surface area contributed by atoms with Gasteiger partial charge in [-0.3, -0.25) is 0 Å². The van der Waals surface area contributed by atoms with Crippen LogP contribution in [0.25, 0.3) is 5.69 Å². The monoisotopic (exact) mass is 284 g/mol. The van der Waals surface area contributed by atoms with E-state index in [0.29, 0.717) is 11.8 Å². The molecular weight excluding hydrogens is 260 g/mol. The summed E-state index contributed by atoms with van der Waals surface area (Å²) in [7, 11) is 0. The van der Waals surface area contributed by atoms with E-state index >= 15 is 0 Å². The second-order valence-corrected chi connectivity index (χ2v) is 6.12. The number of aliphatic hydroxyl groups is 1. The minimum Gasteiger partial charge on any atom is -0.388 e. The largest absolute Gasteiger partial charge is 0.388 e. The molecule has 21 heavy (non-hydrogen) atoms. The van der Waals surface area contributed by atoms with Crippen LogP contribution >= 0.6 is 0 Å². The summed E-state index contributed by atoms with van der Waals surface area (Å²) in [6, 6.07) is 10.1. The van der Waals surface area contributed by atoms with Crippen LogP contribution in [0, 0.1) is 11.8 Å². The molecule has 1 aromatic heterocycles. The first kappa shape index (κ1) is 14.3. The molecule has 1 heterocycles. The number of nitrogens with zero attached hydrogens (tertiary/aromatic N) is 2. The third kappa shape index (κ3) is 3.03. The van der Waals surface area contributed by atoms with Gasteiger partial charge in [-0.1, -0.05) is 50.8 Å². The van der Waals surface area contributed by atoms with Crippen molar-refractivity contribution in [1.29, 1.82) is 0 Å². The van der Waals surface area contributed by atoms with E-state index < -0.39 is 0 Å².